The molecule has 0 atom stereocenters. The SMILES string of the molecule is COC(=O)c1cccc(S(=O)(=O)N(C)Cc2ccc(C(=O)NC3CC3)cc2)c1. The molecule has 1 saturated carbocycles. The first-order valence-corrected chi connectivity index (χ1v) is 10.3. The topological polar surface area (TPSA) is 92.8 Å². The number of nitrogens with zero attached hydrogens (tertiary/aromatic N) is 1. The smallest absolute Gasteiger partial charge is 0.337 e. The number of sulfonamides is 1. The third-order valence-electron chi connectivity index (χ3n) is 4.50. The molecule has 7 nitrogen and oxygen atoms in total. The van der Waals surface area contributed by atoms with Crippen molar-refractivity contribution in [2.24, 2.45) is 0 Å². The van der Waals surface area contributed by atoms with E-state index in [9.17, 15) is 18.0 Å². The molecule has 0 spiro atoms. The predicted octanol–water partition coefficient (Wildman–Crippen LogP) is 2.19. The van der Waals surface area contributed by atoms with Crippen molar-refractivity contribution in [3.05, 3.63) is 65.2 Å². The minimum Gasteiger partial charge on any atom is -0.465 e. The Morgan fingerprint density at radius 1 is 1.11 bits per heavy atom. The Balaban J connectivity index is 1.71. The van der Waals surface area contributed by atoms with Crippen molar-refractivity contribution in [3.63, 3.8) is 0 Å². The number of amides is 1. The molecule has 3 rings (SSSR count). The number of esters is 1. The molecular formula is C20H22N2O5S. The van der Waals surface area contributed by atoms with E-state index in [1.54, 1.807) is 24.3 Å². The second-order valence-electron chi connectivity index (χ2n) is 6.73. The van der Waals surface area contributed by atoms with Gasteiger partial charge in [-0.25, -0.2) is 13.2 Å². The number of methoxy groups -OCH3 is 1. The number of hydrogen-bond donors (Lipinski definition) is 1. The molecule has 0 aromatic heterocycles. The van der Waals surface area contributed by atoms with E-state index < -0.39 is 16.0 Å². The van der Waals surface area contributed by atoms with E-state index in [1.807, 2.05) is 0 Å². The van der Waals surface area contributed by atoms with Gasteiger partial charge in [-0.2, -0.15) is 4.31 Å². The highest BCUT2D eigenvalue weighted by Crippen LogP contribution is 2.20. The monoisotopic (exact) mass is 402 g/mol. The first kappa shape index (κ1) is 20.0. The van der Waals surface area contributed by atoms with Crippen molar-refractivity contribution in [1.29, 1.82) is 0 Å². The average molecular weight is 402 g/mol. The van der Waals surface area contributed by atoms with Crippen LogP contribution in [-0.2, 0) is 21.3 Å². The van der Waals surface area contributed by atoms with Crippen LogP contribution in [0.2, 0.25) is 0 Å². The molecule has 2 aromatic rings. The minimum absolute atomic E-state index is 0.0123. The van der Waals surface area contributed by atoms with Gasteiger partial charge in [-0.15, -0.1) is 0 Å². The largest absolute Gasteiger partial charge is 0.465 e. The van der Waals surface area contributed by atoms with E-state index in [0.717, 1.165) is 18.4 Å². The van der Waals surface area contributed by atoms with Crippen LogP contribution in [0.25, 0.3) is 0 Å². The Morgan fingerprint density at radius 3 is 2.39 bits per heavy atom. The molecule has 2 aromatic carbocycles. The Labute approximate surface area is 164 Å². The highest BCUT2D eigenvalue weighted by atomic mass is 32.2. The molecule has 148 valence electrons. The van der Waals surface area contributed by atoms with E-state index in [0.29, 0.717) is 5.56 Å². The second kappa shape index (κ2) is 8.12. The van der Waals surface area contributed by atoms with E-state index in [2.05, 4.69) is 10.1 Å². The summed E-state index contributed by atoms with van der Waals surface area (Å²) in [6, 6.07) is 12.8. The Kier molecular flexibility index (Phi) is 5.81. The summed E-state index contributed by atoms with van der Waals surface area (Å²) in [6.07, 6.45) is 2.04. The standard InChI is InChI=1S/C20H22N2O5S/c1-22(28(25,26)18-5-3-4-16(12-18)20(24)27-2)13-14-6-8-15(9-7-14)19(23)21-17-10-11-17/h3-9,12,17H,10-11,13H2,1-2H3,(H,21,23). The molecule has 1 aliphatic carbocycles. The lowest BCUT2D eigenvalue weighted by atomic mass is 10.1. The molecule has 0 bridgehead atoms. The zero-order valence-electron chi connectivity index (χ0n) is 15.7. The van der Waals surface area contributed by atoms with Crippen molar-refractivity contribution in [2.75, 3.05) is 14.2 Å². The van der Waals surface area contributed by atoms with Crippen LogP contribution in [0.5, 0.6) is 0 Å². The van der Waals surface area contributed by atoms with E-state index in [-0.39, 0.29) is 29.0 Å². The van der Waals surface area contributed by atoms with E-state index in [4.69, 9.17) is 0 Å². The maximum Gasteiger partial charge on any atom is 0.337 e. The molecule has 0 saturated heterocycles. The molecule has 1 fully saturated rings. The quantitative estimate of drug-likeness (QED) is 0.717. The number of benzene rings is 2. The van der Waals surface area contributed by atoms with Crippen LogP contribution in [0.1, 0.15) is 39.1 Å². The van der Waals surface area contributed by atoms with Crippen LogP contribution in [-0.4, -0.2) is 44.8 Å². The second-order valence-corrected chi connectivity index (χ2v) is 8.77. The highest BCUT2D eigenvalue weighted by Gasteiger charge is 2.24. The Hall–Kier alpha value is -2.71. The van der Waals surface area contributed by atoms with Crippen molar-refractivity contribution in [3.8, 4) is 0 Å². The number of nitrogens with one attached hydrogen (secondary N) is 1. The van der Waals surface area contributed by atoms with Gasteiger partial charge in [0.15, 0.2) is 0 Å². The van der Waals surface area contributed by atoms with Gasteiger partial charge in [0, 0.05) is 25.2 Å². The molecule has 0 unspecified atom stereocenters. The van der Waals surface area contributed by atoms with E-state index in [1.165, 1.54) is 42.7 Å². The zero-order chi connectivity index (χ0) is 20.3. The van der Waals surface area contributed by atoms with Crippen LogP contribution in [0.4, 0.5) is 0 Å². The minimum atomic E-state index is -3.79. The molecule has 0 radical (unpaired) electrons. The van der Waals surface area contributed by atoms with Gasteiger partial charge < -0.3 is 10.1 Å². The molecule has 1 amide bonds. The van der Waals surface area contributed by atoms with Crippen molar-refractivity contribution in [1.82, 2.24) is 9.62 Å². The fraction of sp³-hybridized carbons (Fsp3) is 0.300. The zero-order valence-corrected chi connectivity index (χ0v) is 16.5. The number of rotatable bonds is 7. The molecule has 0 heterocycles. The molecule has 0 aliphatic heterocycles. The first-order valence-electron chi connectivity index (χ1n) is 8.86. The number of carbonyl (C=O) groups is 2. The van der Waals surface area contributed by atoms with Gasteiger partial charge in [-0.3, -0.25) is 4.79 Å². The van der Waals surface area contributed by atoms with Crippen LogP contribution < -0.4 is 5.32 Å². The summed E-state index contributed by atoms with van der Waals surface area (Å²) in [5.74, 6) is -0.714. The van der Waals surface area contributed by atoms with Gasteiger partial charge in [0.1, 0.15) is 0 Å². The number of carbonyl (C=O) groups excluding carboxylic acids is 2. The summed E-state index contributed by atoms with van der Waals surface area (Å²) in [5.41, 5.74) is 1.47. The van der Waals surface area contributed by atoms with Crippen molar-refractivity contribution < 1.29 is 22.7 Å². The third kappa shape index (κ3) is 4.58. The summed E-state index contributed by atoms with van der Waals surface area (Å²) >= 11 is 0. The molecule has 8 heteroatoms. The molecule has 28 heavy (non-hydrogen) atoms. The fourth-order valence-electron chi connectivity index (χ4n) is 2.68. The molecular weight excluding hydrogens is 380 g/mol. The van der Waals surface area contributed by atoms with Gasteiger partial charge in [0.05, 0.1) is 17.6 Å². The Morgan fingerprint density at radius 2 is 1.79 bits per heavy atom. The Bertz CT molecular complexity index is 982. The summed E-state index contributed by atoms with van der Waals surface area (Å²) in [7, 11) is -1.08. The van der Waals surface area contributed by atoms with Gasteiger partial charge in [0.2, 0.25) is 10.0 Å². The maximum atomic E-state index is 12.8. The number of ether oxygens (including phenoxy) is 1. The summed E-state index contributed by atoms with van der Waals surface area (Å²) < 4.78 is 31.5. The highest BCUT2D eigenvalue weighted by molar-refractivity contribution is 7.89. The third-order valence-corrected chi connectivity index (χ3v) is 6.30. The predicted molar refractivity (Wildman–Crippen MR) is 103 cm³/mol. The van der Waals surface area contributed by atoms with Crippen molar-refractivity contribution >= 4 is 21.9 Å². The van der Waals surface area contributed by atoms with Crippen LogP contribution in [0.3, 0.4) is 0 Å². The summed E-state index contributed by atoms with van der Waals surface area (Å²) in [4.78, 5) is 23.7. The van der Waals surface area contributed by atoms with Gasteiger partial charge in [-0.1, -0.05) is 18.2 Å². The lowest BCUT2D eigenvalue weighted by Crippen LogP contribution is -2.27. The van der Waals surface area contributed by atoms with Gasteiger partial charge in [-0.05, 0) is 48.7 Å². The summed E-state index contributed by atoms with van der Waals surface area (Å²) in [6.45, 7) is 0.134. The van der Waals surface area contributed by atoms with Crippen LogP contribution in [0, 0.1) is 0 Å². The maximum absolute atomic E-state index is 12.8. The van der Waals surface area contributed by atoms with Gasteiger partial charge >= 0.3 is 5.97 Å². The number of hydrogen-bond acceptors (Lipinski definition) is 5. The molecule has 1 N–H and O–H groups in total. The first-order chi connectivity index (χ1) is 13.3. The van der Waals surface area contributed by atoms with E-state index >= 15 is 0 Å². The average Bonchev–Trinajstić information content (AvgIpc) is 3.51. The lowest BCUT2D eigenvalue weighted by molar-refractivity contribution is 0.0600. The fourth-order valence-corrected chi connectivity index (χ4v) is 3.89. The van der Waals surface area contributed by atoms with Gasteiger partial charge in [0.25, 0.3) is 5.91 Å². The summed E-state index contributed by atoms with van der Waals surface area (Å²) in [5, 5.41) is 2.91. The van der Waals surface area contributed by atoms with Crippen LogP contribution in [0.15, 0.2) is 53.4 Å². The van der Waals surface area contributed by atoms with Crippen molar-refractivity contribution in [2.45, 2.75) is 30.3 Å². The normalized spacial score (nSPS) is 14.0. The molecule has 1 aliphatic rings. The van der Waals surface area contributed by atoms with Crippen LogP contribution >= 0.6 is 0 Å². The lowest BCUT2D eigenvalue weighted by Gasteiger charge is -2.18.